The van der Waals surface area contributed by atoms with Crippen molar-refractivity contribution in [2.75, 3.05) is 12.4 Å². The minimum atomic E-state index is -0.439. The van der Waals surface area contributed by atoms with Crippen molar-refractivity contribution < 1.29 is 4.79 Å². The third-order valence-electron chi connectivity index (χ3n) is 2.86. The van der Waals surface area contributed by atoms with Crippen molar-refractivity contribution >= 4 is 43.2 Å². The molecule has 1 amide bonds. The molecule has 3 heterocycles. The molecule has 8 heteroatoms. The SMILES string of the molecule is CNC(C(=O)Nc1nc2ccsc2s1)c1cnn(C)c1. The van der Waals surface area contributed by atoms with Gasteiger partial charge in [-0.05, 0) is 18.5 Å². The highest BCUT2D eigenvalue weighted by Crippen LogP contribution is 2.30. The quantitative estimate of drug-likeness (QED) is 0.773. The number of thiazole rings is 1. The molecule has 0 aliphatic carbocycles. The zero-order chi connectivity index (χ0) is 14.1. The highest BCUT2D eigenvalue weighted by molar-refractivity contribution is 7.39. The van der Waals surface area contributed by atoms with E-state index in [-0.39, 0.29) is 5.91 Å². The molecule has 20 heavy (non-hydrogen) atoms. The second kappa shape index (κ2) is 5.31. The van der Waals surface area contributed by atoms with E-state index in [4.69, 9.17) is 0 Å². The number of hydrogen-bond donors (Lipinski definition) is 2. The molecule has 1 atom stereocenters. The minimum Gasteiger partial charge on any atom is -0.305 e. The number of thiophene rings is 1. The summed E-state index contributed by atoms with van der Waals surface area (Å²) >= 11 is 3.11. The Morgan fingerprint density at radius 1 is 1.50 bits per heavy atom. The fraction of sp³-hybridized carbons (Fsp3) is 0.250. The van der Waals surface area contributed by atoms with Crippen LogP contribution in [0.5, 0.6) is 0 Å². The fourth-order valence-corrected chi connectivity index (χ4v) is 3.78. The summed E-state index contributed by atoms with van der Waals surface area (Å²) < 4.78 is 2.79. The standard InChI is InChI=1S/C12H13N5OS2/c1-13-9(7-5-14-17(2)6-7)10(18)16-12-15-8-3-4-19-11(8)20-12/h3-6,9,13H,1-2H3,(H,15,16,18). The zero-order valence-electron chi connectivity index (χ0n) is 11.0. The van der Waals surface area contributed by atoms with Crippen LogP contribution in [-0.4, -0.2) is 27.7 Å². The lowest BCUT2D eigenvalue weighted by Gasteiger charge is -2.12. The summed E-state index contributed by atoms with van der Waals surface area (Å²) in [6, 6.07) is 1.51. The van der Waals surface area contributed by atoms with Crippen LogP contribution >= 0.6 is 22.7 Å². The third-order valence-corrected chi connectivity index (χ3v) is 4.88. The van der Waals surface area contributed by atoms with Crippen LogP contribution in [0.3, 0.4) is 0 Å². The van der Waals surface area contributed by atoms with Gasteiger partial charge in [0.1, 0.15) is 10.1 Å². The maximum atomic E-state index is 12.3. The lowest BCUT2D eigenvalue weighted by molar-refractivity contribution is -0.118. The van der Waals surface area contributed by atoms with Gasteiger partial charge in [0.2, 0.25) is 5.91 Å². The minimum absolute atomic E-state index is 0.137. The highest BCUT2D eigenvalue weighted by atomic mass is 32.2. The van der Waals surface area contributed by atoms with E-state index in [2.05, 4.69) is 20.7 Å². The molecule has 0 radical (unpaired) electrons. The summed E-state index contributed by atoms with van der Waals surface area (Å²) in [4.78, 5) is 16.7. The van der Waals surface area contributed by atoms with Gasteiger partial charge in [0, 0.05) is 18.8 Å². The van der Waals surface area contributed by atoms with Gasteiger partial charge in [-0.2, -0.15) is 5.10 Å². The molecule has 3 rings (SSSR count). The summed E-state index contributed by atoms with van der Waals surface area (Å²) in [7, 11) is 3.57. The van der Waals surface area contributed by atoms with E-state index in [0.29, 0.717) is 5.13 Å². The number of carbonyl (C=O) groups is 1. The fourth-order valence-electron chi connectivity index (χ4n) is 1.94. The van der Waals surface area contributed by atoms with Crippen LogP contribution in [0.1, 0.15) is 11.6 Å². The molecule has 6 nitrogen and oxygen atoms in total. The average Bonchev–Trinajstić information content (AvgIpc) is 3.06. The van der Waals surface area contributed by atoms with Crippen LogP contribution in [0.2, 0.25) is 0 Å². The lowest BCUT2D eigenvalue weighted by atomic mass is 10.1. The second-order valence-corrected chi connectivity index (χ2v) is 6.44. The second-order valence-electron chi connectivity index (χ2n) is 4.27. The molecule has 104 valence electrons. The van der Waals surface area contributed by atoms with E-state index < -0.39 is 6.04 Å². The number of aromatic nitrogens is 3. The molecule has 0 bridgehead atoms. The number of nitrogens with zero attached hydrogens (tertiary/aromatic N) is 3. The van der Waals surface area contributed by atoms with Crippen molar-refractivity contribution in [2.45, 2.75) is 6.04 Å². The molecule has 3 aromatic rings. The first-order valence-electron chi connectivity index (χ1n) is 5.98. The number of amides is 1. The van der Waals surface area contributed by atoms with Gasteiger partial charge in [0.15, 0.2) is 5.13 Å². The molecule has 1 unspecified atom stereocenters. The van der Waals surface area contributed by atoms with Crippen molar-refractivity contribution in [3.63, 3.8) is 0 Å². The lowest BCUT2D eigenvalue weighted by Crippen LogP contribution is -2.30. The number of carbonyl (C=O) groups excluding carboxylic acids is 1. The number of hydrogen-bond acceptors (Lipinski definition) is 6. The van der Waals surface area contributed by atoms with Gasteiger partial charge in [-0.15, -0.1) is 11.3 Å². The van der Waals surface area contributed by atoms with Gasteiger partial charge in [0.25, 0.3) is 0 Å². The van der Waals surface area contributed by atoms with Crippen LogP contribution in [0, 0.1) is 0 Å². The number of rotatable bonds is 4. The molecule has 0 saturated heterocycles. The van der Waals surface area contributed by atoms with Crippen molar-refractivity contribution in [2.24, 2.45) is 7.05 Å². The molecule has 2 N–H and O–H groups in total. The van der Waals surface area contributed by atoms with Crippen LogP contribution in [0.4, 0.5) is 5.13 Å². The Bertz CT molecular complexity index is 715. The van der Waals surface area contributed by atoms with E-state index >= 15 is 0 Å². The number of nitrogens with one attached hydrogen (secondary N) is 2. The summed E-state index contributed by atoms with van der Waals surface area (Å²) in [5, 5.41) is 12.5. The Balaban J connectivity index is 1.78. The molecular weight excluding hydrogens is 294 g/mol. The molecule has 0 spiro atoms. The predicted molar refractivity (Wildman–Crippen MR) is 81.1 cm³/mol. The Hall–Kier alpha value is -1.77. The molecule has 0 aliphatic rings. The Morgan fingerprint density at radius 2 is 2.35 bits per heavy atom. The predicted octanol–water partition coefficient (Wildman–Crippen LogP) is 1.99. The Kier molecular flexibility index (Phi) is 3.51. The van der Waals surface area contributed by atoms with Crippen LogP contribution in [0.25, 0.3) is 9.53 Å². The van der Waals surface area contributed by atoms with Crippen molar-refractivity contribution in [1.29, 1.82) is 0 Å². The van der Waals surface area contributed by atoms with Crippen molar-refractivity contribution in [1.82, 2.24) is 20.1 Å². The smallest absolute Gasteiger partial charge is 0.247 e. The molecule has 0 fully saturated rings. The first-order chi connectivity index (χ1) is 9.67. The topological polar surface area (TPSA) is 71.8 Å². The van der Waals surface area contributed by atoms with E-state index in [9.17, 15) is 4.79 Å². The van der Waals surface area contributed by atoms with Gasteiger partial charge >= 0.3 is 0 Å². The van der Waals surface area contributed by atoms with Crippen molar-refractivity contribution in [3.05, 3.63) is 29.4 Å². The summed E-state index contributed by atoms with van der Waals surface area (Å²) in [6.07, 6.45) is 3.50. The number of fused-ring (bicyclic) bond motifs is 1. The number of aryl methyl sites for hydroxylation is 1. The monoisotopic (exact) mass is 307 g/mol. The van der Waals surface area contributed by atoms with Crippen LogP contribution in [-0.2, 0) is 11.8 Å². The van der Waals surface area contributed by atoms with Crippen LogP contribution in [0.15, 0.2) is 23.8 Å². The normalized spacial score (nSPS) is 12.7. The zero-order valence-corrected chi connectivity index (χ0v) is 12.6. The molecule has 0 aliphatic heterocycles. The van der Waals surface area contributed by atoms with Gasteiger partial charge in [-0.3, -0.25) is 9.48 Å². The Morgan fingerprint density at radius 3 is 3.00 bits per heavy atom. The van der Waals surface area contributed by atoms with Gasteiger partial charge in [-0.1, -0.05) is 11.3 Å². The summed E-state index contributed by atoms with van der Waals surface area (Å²) in [6.45, 7) is 0. The molecule has 0 saturated carbocycles. The molecule has 0 aromatic carbocycles. The highest BCUT2D eigenvalue weighted by Gasteiger charge is 2.21. The number of anilines is 1. The van der Waals surface area contributed by atoms with E-state index in [1.54, 1.807) is 29.3 Å². The maximum Gasteiger partial charge on any atom is 0.247 e. The first kappa shape index (κ1) is 13.2. The van der Waals surface area contributed by atoms with Crippen LogP contribution < -0.4 is 10.6 Å². The van der Waals surface area contributed by atoms with E-state index in [1.807, 2.05) is 24.7 Å². The van der Waals surface area contributed by atoms with Gasteiger partial charge in [-0.25, -0.2) is 4.98 Å². The summed E-state index contributed by atoms with van der Waals surface area (Å²) in [5.41, 5.74) is 1.75. The first-order valence-corrected chi connectivity index (χ1v) is 7.67. The van der Waals surface area contributed by atoms with Gasteiger partial charge in [0.05, 0.1) is 11.7 Å². The number of likely N-dealkylation sites (N-methyl/N-ethyl adjacent to an activating group) is 1. The summed E-state index contributed by atoms with van der Waals surface area (Å²) in [5.74, 6) is -0.137. The van der Waals surface area contributed by atoms with E-state index in [1.165, 1.54) is 11.3 Å². The third kappa shape index (κ3) is 2.45. The Labute approximate surface area is 123 Å². The maximum absolute atomic E-state index is 12.3. The largest absolute Gasteiger partial charge is 0.305 e. The average molecular weight is 307 g/mol. The van der Waals surface area contributed by atoms with Gasteiger partial charge < -0.3 is 10.6 Å². The van der Waals surface area contributed by atoms with Crippen molar-refractivity contribution in [3.8, 4) is 0 Å². The molecular formula is C12H13N5OS2. The molecule has 3 aromatic heterocycles. The van der Waals surface area contributed by atoms with E-state index in [0.717, 1.165) is 15.1 Å².